The molecule has 0 bridgehead atoms. The van der Waals surface area contributed by atoms with E-state index in [9.17, 15) is 24.0 Å². The van der Waals surface area contributed by atoms with Crippen LogP contribution in [0.15, 0.2) is 55.1 Å². The van der Waals surface area contributed by atoms with Crippen LogP contribution in [0.2, 0.25) is 0 Å². The van der Waals surface area contributed by atoms with Crippen molar-refractivity contribution in [1.82, 2.24) is 5.32 Å². The minimum Gasteiger partial charge on any atom is -0.426 e. The zero-order chi connectivity index (χ0) is 21.6. The number of carbonyl (C=O) groups is 2. The second kappa shape index (κ2) is 10.00. The molecule has 2 aromatic rings. The van der Waals surface area contributed by atoms with Gasteiger partial charge in [-0.05, 0) is 49.6 Å². The molecule has 2 aromatic carbocycles. The predicted molar refractivity (Wildman–Crippen MR) is 111 cm³/mol. The lowest BCUT2D eigenvalue weighted by Gasteiger charge is -2.24. The van der Waals surface area contributed by atoms with Gasteiger partial charge in [-0.25, -0.2) is 4.39 Å². The lowest BCUT2D eigenvalue weighted by Crippen LogP contribution is -2.51. The summed E-state index contributed by atoms with van der Waals surface area (Å²) >= 11 is 0. The molecule has 0 fully saturated rings. The average molecular weight is 398 g/mol. The first-order valence-electron chi connectivity index (χ1n) is 9.13. The van der Waals surface area contributed by atoms with E-state index in [0.717, 1.165) is 27.7 Å². The van der Waals surface area contributed by atoms with Crippen molar-refractivity contribution in [2.24, 2.45) is 0 Å². The number of rotatable bonds is 8. The fourth-order valence-electron chi connectivity index (χ4n) is 3.00. The van der Waals surface area contributed by atoms with Crippen LogP contribution < -0.4 is 10.2 Å². The largest absolute Gasteiger partial charge is 0.475 e. The smallest absolute Gasteiger partial charge is 0.426 e. The summed E-state index contributed by atoms with van der Waals surface area (Å²) in [6.45, 7) is 6.73. The molecule has 1 atom stereocenters. The Morgan fingerprint density at radius 3 is 2.52 bits per heavy atom. The summed E-state index contributed by atoms with van der Waals surface area (Å²) < 4.78 is 14.1. The number of hydrogen-bond donors (Lipinski definition) is 3. The maximum atomic E-state index is 14.1. The standard InChI is InChI=1S/C21H24BFN2O4/c1-4-21(27)25(18-8-6-5-7-17(18)23)13-20(26)24-19(22(28)29)12-16-10-9-14(2)11-15(16)3/h4-11,19,28-29H,1,12-13H2,2-3H3,(H,24,26). The number of hydrogen-bond acceptors (Lipinski definition) is 4. The van der Waals surface area contributed by atoms with E-state index in [0.29, 0.717) is 0 Å². The van der Waals surface area contributed by atoms with Crippen molar-refractivity contribution < 1.29 is 24.0 Å². The van der Waals surface area contributed by atoms with Gasteiger partial charge in [0.25, 0.3) is 5.91 Å². The molecular formula is C21H24BFN2O4. The summed E-state index contributed by atoms with van der Waals surface area (Å²) in [6.07, 6.45) is 1.17. The van der Waals surface area contributed by atoms with Crippen LogP contribution in [0.4, 0.5) is 10.1 Å². The van der Waals surface area contributed by atoms with Crippen molar-refractivity contribution in [1.29, 1.82) is 0 Å². The first kappa shape index (κ1) is 22.3. The van der Waals surface area contributed by atoms with Gasteiger partial charge >= 0.3 is 7.12 Å². The third-order valence-electron chi connectivity index (χ3n) is 4.53. The third-order valence-corrected chi connectivity index (χ3v) is 4.53. The third kappa shape index (κ3) is 6.00. The van der Waals surface area contributed by atoms with Crippen LogP contribution in [-0.2, 0) is 16.0 Å². The molecule has 0 spiro atoms. The van der Waals surface area contributed by atoms with E-state index in [2.05, 4.69) is 11.9 Å². The Morgan fingerprint density at radius 1 is 1.24 bits per heavy atom. The number of nitrogens with zero attached hydrogens (tertiary/aromatic N) is 1. The summed E-state index contributed by atoms with van der Waals surface area (Å²) in [5.41, 5.74) is 2.81. The van der Waals surface area contributed by atoms with Crippen molar-refractivity contribution in [3.8, 4) is 0 Å². The topological polar surface area (TPSA) is 89.9 Å². The number of amides is 2. The fourth-order valence-corrected chi connectivity index (χ4v) is 3.00. The minimum atomic E-state index is -1.81. The molecule has 0 saturated heterocycles. The van der Waals surface area contributed by atoms with E-state index < -0.39 is 37.2 Å². The number of carbonyl (C=O) groups excluding carboxylic acids is 2. The first-order valence-corrected chi connectivity index (χ1v) is 9.13. The second-order valence-electron chi connectivity index (χ2n) is 6.80. The lowest BCUT2D eigenvalue weighted by atomic mass is 9.75. The molecule has 1 unspecified atom stereocenters. The molecular weight excluding hydrogens is 374 g/mol. The zero-order valence-corrected chi connectivity index (χ0v) is 16.4. The van der Waals surface area contributed by atoms with E-state index in [4.69, 9.17) is 0 Å². The van der Waals surface area contributed by atoms with Crippen LogP contribution in [0.25, 0.3) is 0 Å². The van der Waals surface area contributed by atoms with Gasteiger partial charge in [-0.1, -0.05) is 42.5 Å². The van der Waals surface area contributed by atoms with Crippen LogP contribution in [0.3, 0.4) is 0 Å². The van der Waals surface area contributed by atoms with Gasteiger partial charge in [0.1, 0.15) is 12.4 Å². The molecule has 0 heterocycles. The number of halogens is 1. The summed E-state index contributed by atoms with van der Waals surface area (Å²) in [5.74, 6) is -2.97. The molecule has 3 N–H and O–H groups in total. The molecule has 152 valence electrons. The van der Waals surface area contributed by atoms with Gasteiger partial charge in [0.05, 0.1) is 11.6 Å². The van der Waals surface area contributed by atoms with Gasteiger partial charge in [0.15, 0.2) is 0 Å². The highest BCUT2D eigenvalue weighted by Gasteiger charge is 2.28. The molecule has 29 heavy (non-hydrogen) atoms. The maximum absolute atomic E-state index is 14.1. The average Bonchev–Trinajstić information content (AvgIpc) is 2.67. The van der Waals surface area contributed by atoms with Crippen molar-refractivity contribution >= 4 is 24.6 Å². The van der Waals surface area contributed by atoms with Crippen molar-refractivity contribution in [2.75, 3.05) is 11.4 Å². The summed E-state index contributed by atoms with van der Waals surface area (Å²) in [4.78, 5) is 25.6. The van der Waals surface area contributed by atoms with Crippen LogP contribution in [0, 0.1) is 19.7 Å². The molecule has 8 heteroatoms. The van der Waals surface area contributed by atoms with Crippen molar-refractivity contribution in [2.45, 2.75) is 26.2 Å². The number of nitrogens with one attached hydrogen (secondary N) is 1. The number of aryl methyl sites for hydroxylation is 2. The molecule has 6 nitrogen and oxygen atoms in total. The van der Waals surface area contributed by atoms with Crippen LogP contribution in [-0.4, -0.2) is 41.5 Å². The highest BCUT2D eigenvalue weighted by atomic mass is 19.1. The Bertz CT molecular complexity index is 904. The van der Waals surface area contributed by atoms with Crippen molar-refractivity contribution in [3.63, 3.8) is 0 Å². The molecule has 0 aromatic heterocycles. The predicted octanol–water partition coefficient (Wildman–Crippen LogP) is 1.70. The van der Waals surface area contributed by atoms with E-state index in [1.165, 1.54) is 18.2 Å². The molecule has 2 rings (SSSR count). The number of benzene rings is 2. The van der Waals surface area contributed by atoms with Gasteiger partial charge in [-0.15, -0.1) is 0 Å². The monoisotopic (exact) mass is 398 g/mol. The maximum Gasteiger partial charge on any atom is 0.475 e. The van der Waals surface area contributed by atoms with Gasteiger partial charge in [0.2, 0.25) is 5.91 Å². The molecule has 0 radical (unpaired) electrons. The second-order valence-corrected chi connectivity index (χ2v) is 6.80. The quantitative estimate of drug-likeness (QED) is 0.467. The first-order chi connectivity index (χ1) is 13.7. The molecule has 0 aliphatic carbocycles. The lowest BCUT2D eigenvalue weighted by molar-refractivity contribution is -0.122. The Morgan fingerprint density at radius 2 is 1.93 bits per heavy atom. The number of para-hydroxylation sites is 1. The Hall–Kier alpha value is -2.97. The number of anilines is 1. The molecule has 0 saturated carbocycles. The highest BCUT2D eigenvalue weighted by molar-refractivity contribution is 6.43. The van der Waals surface area contributed by atoms with Gasteiger partial charge in [-0.3, -0.25) is 14.5 Å². The van der Waals surface area contributed by atoms with Gasteiger partial charge in [-0.2, -0.15) is 0 Å². The molecule has 0 aliphatic rings. The van der Waals surface area contributed by atoms with Crippen molar-refractivity contribution in [3.05, 3.63) is 77.6 Å². The van der Waals surface area contributed by atoms with E-state index >= 15 is 0 Å². The summed E-state index contributed by atoms with van der Waals surface area (Å²) in [7, 11) is -1.81. The van der Waals surface area contributed by atoms with Crippen LogP contribution in [0.1, 0.15) is 16.7 Å². The van der Waals surface area contributed by atoms with Gasteiger partial charge < -0.3 is 15.4 Å². The normalized spacial score (nSPS) is 11.5. The Kier molecular flexibility index (Phi) is 7.70. The molecule has 2 amide bonds. The summed E-state index contributed by atoms with van der Waals surface area (Å²) in [6, 6.07) is 11.3. The fraction of sp³-hybridized carbons (Fsp3) is 0.238. The minimum absolute atomic E-state index is 0.0666. The van der Waals surface area contributed by atoms with E-state index in [1.807, 2.05) is 32.0 Å². The summed E-state index contributed by atoms with van der Waals surface area (Å²) in [5, 5.41) is 21.9. The van der Waals surface area contributed by atoms with E-state index in [1.54, 1.807) is 6.07 Å². The van der Waals surface area contributed by atoms with Crippen LogP contribution in [0.5, 0.6) is 0 Å². The van der Waals surface area contributed by atoms with Crippen LogP contribution >= 0.6 is 0 Å². The zero-order valence-electron chi connectivity index (χ0n) is 16.4. The van der Waals surface area contributed by atoms with E-state index in [-0.39, 0.29) is 12.1 Å². The molecule has 0 aliphatic heterocycles. The van der Waals surface area contributed by atoms with Gasteiger partial charge in [0, 0.05) is 0 Å². The SMILES string of the molecule is C=CC(=O)N(CC(=O)NC(Cc1ccc(C)cc1C)B(O)O)c1ccccc1F. The highest BCUT2D eigenvalue weighted by Crippen LogP contribution is 2.19. The Balaban J connectivity index is 2.16. The Labute approximate surface area is 169 Å².